The second-order valence-electron chi connectivity index (χ2n) is 6.61. The molecule has 2 aromatic carbocycles. The number of benzene rings is 2. The fourth-order valence-corrected chi connectivity index (χ4v) is 4.14. The molecule has 1 aliphatic heterocycles. The molecule has 0 unspecified atom stereocenters. The van der Waals surface area contributed by atoms with E-state index in [9.17, 15) is 9.59 Å². The summed E-state index contributed by atoms with van der Waals surface area (Å²) in [6.45, 7) is 3.82. The molecule has 1 amide bonds. The van der Waals surface area contributed by atoms with Crippen LogP contribution in [0, 0.1) is 13.8 Å². The smallest absolute Gasteiger partial charge is 0.283 e. The van der Waals surface area contributed by atoms with E-state index in [1.165, 1.54) is 11.8 Å². The van der Waals surface area contributed by atoms with Gasteiger partial charge in [-0.25, -0.2) is 9.67 Å². The molecule has 1 saturated heterocycles. The van der Waals surface area contributed by atoms with Gasteiger partial charge in [-0.05, 0) is 37.6 Å². The van der Waals surface area contributed by atoms with Crippen molar-refractivity contribution in [1.82, 2.24) is 9.36 Å². The highest BCUT2D eigenvalue weighted by atomic mass is 32.2. The number of hydrogen-bond donors (Lipinski definition) is 0. The molecule has 4 rings (SSSR count). The second-order valence-corrected chi connectivity index (χ2v) is 7.55. The van der Waals surface area contributed by atoms with E-state index in [2.05, 4.69) is 4.99 Å². The lowest BCUT2D eigenvalue weighted by Gasteiger charge is -2.18. The number of aryl methyl sites for hydroxylation is 1. The first-order chi connectivity index (χ1) is 13.5. The Morgan fingerprint density at radius 3 is 2.36 bits per heavy atom. The molecule has 7 heteroatoms. The number of nitrogens with zero attached hydrogens (tertiary/aromatic N) is 4. The number of thioether (sulfide) groups is 1. The minimum atomic E-state index is -0.205. The van der Waals surface area contributed by atoms with Gasteiger partial charge in [-0.2, -0.15) is 0 Å². The molecule has 0 N–H and O–H groups in total. The van der Waals surface area contributed by atoms with Gasteiger partial charge in [-0.3, -0.25) is 19.2 Å². The zero-order chi connectivity index (χ0) is 19.8. The number of aliphatic imine (C=N–C) groups is 1. The Morgan fingerprint density at radius 1 is 0.964 bits per heavy atom. The first-order valence-electron chi connectivity index (χ1n) is 8.93. The van der Waals surface area contributed by atoms with Gasteiger partial charge in [-0.15, -0.1) is 0 Å². The number of hydrogen-bond acceptors (Lipinski definition) is 4. The fourth-order valence-electron chi connectivity index (χ4n) is 3.27. The number of amides is 1. The van der Waals surface area contributed by atoms with E-state index in [-0.39, 0.29) is 11.5 Å². The highest BCUT2D eigenvalue weighted by Gasteiger charge is 2.31. The SMILES string of the molecule is Cc1ccccc1N1C(=O)CSC1=Nc1c(C)n(C)n(-c2ccccc2)c1=O. The Kier molecular flexibility index (Phi) is 4.68. The lowest BCUT2D eigenvalue weighted by molar-refractivity contribution is -0.115. The van der Waals surface area contributed by atoms with E-state index in [0.717, 1.165) is 22.6 Å². The summed E-state index contributed by atoms with van der Waals surface area (Å²) < 4.78 is 3.38. The number of rotatable bonds is 3. The monoisotopic (exact) mass is 392 g/mol. The number of anilines is 1. The quantitative estimate of drug-likeness (QED) is 0.685. The Balaban J connectivity index is 1.84. The van der Waals surface area contributed by atoms with E-state index < -0.39 is 0 Å². The normalized spacial score (nSPS) is 15.6. The maximum atomic E-state index is 13.1. The van der Waals surface area contributed by atoms with Crippen molar-refractivity contribution in [3.05, 3.63) is 76.2 Å². The third-order valence-electron chi connectivity index (χ3n) is 4.85. The van der Waals surface area contributed by atoms with Crippen LogP contribution in [0.5, 0.6) is 0 Å². The third kappa shape index (κ3) is 2.97. The predicted molar refractivity (Wildman–Crippen MR) is 114 cm³/mol. The first kappa shape index (κ1) is 18.3. The van der Waals surface area contributed by atoms with E-state index in [1.54, 1.807) is 14.3 Å². The zero-order valence-corrected chi connectivity index (χ0v) is 16.7. The van der Waals surface area contributed by atoms with Crippen LogP contribution in [0.3, 0.4) is 0 Å². The number of amidine groups is 1. The molecule has 6 nitrogen and oxygen atoms in total. The number of para-hydroxylation sites is 2. The van der Waals surface area contributed by atoms with E-state index in [4.69, 9.17) is 0 Å². The Bertz CT molecular complexity index is 1140. The van der Waals surface area contributed by atoms with Gasteiger partial charge < -0.3 is 0 Å². The maximum Gasteiger partial charge on any atom is 0.297 e. The van der Waals surface area contributed by atoms with E-state index in [0.29, 0.717) is 16.6 Å². The number of aromatic nitrogens is 2. The Morgan fingerprint density at radius 2 is 1.64 bits per heavy atom. The van der Waals surface area contributed by atoms with Crippen molar-refractivity contribution >= 4 is 34.2 Å². The van der Waals surface area contributed by atoms with Gasteiger partial charge in [0.2, 0.25) is 5.91 Å². The molecule has 0 bridgehead atoms. The van der Waals surface area contributed by atoms with Gasteiger partial charge >= 0.3 is 0 Å². The highest BCUT2D eigenvalue weighted by Crippen LogP contribution is 2.31. The van der Waals surface area contributed by atoms with E-state index in [1.807, 2.05) is 75.5 Å². The summed E-state index contributed by atoms with van der Waals surface area (Å²) in [6.07, 6.45) is 0. The minimum Gasteiger partial charge on any atom is -0.283 e. The van der Waals surface area contributed by atoms with Gasteiger partial charge in [-0.1, -0.05) is 48.2 Å². The molecule has 28 heavy (non-hydrogen) atoms. The minimum absolute atomic E-state index is 0.0324. The average molecular weight is 392 g/mol. The molecule has 2 heterocycles. The molecule has 0 saturated carbocycles. The largest absolute Gasteiger partial charge is 0.297 e. The van der Waals surface area contributed by atoms with Crippen molar-refractivity contribution in [2.75, 3.05) is 10.7 Å². The standard InChI is InChI=1S/C21H20N4O2S/c1-14-9-7-8-12-17(14)24-18(26)13-28-21(24)22-19-15(2)23(3)25(20(19)27)16-10-5-4-6-11-16/h4-12H,13H2,1-3H3. The molecule has 0 radical (unpaired) electrons. The summed E-state index contributed by atoms with van der Waals surface area (Å²) in [5.74, 6) is 0.279. The molecule has 0 aliphatic carbocycles. The topological polar surface area (TPSA) is 59.6 Å². The Hall–Kier alpha value is -3.06. The Labute approximate surface area is 167 Å². The first-order valence-corrected chi connectivity index (χ1v) is 9.91. The summed E-state index contributed by atoms with van der Waals surface area (Å²) in [4.78, 5) is 31.9. The lowest BCUT2D eigenvalue weighted by atomic mass is 10.2. The molecular weight excluding hydrogens is 372 g/mol. The van der Waals surface area contributed by atoms with Crippen LogP contribution in [0.1, 0.15) is 11.3 Å². The van der Waals surface area contributed by atoms with Crippen LogP contribution < -0.4 is 10.5 Å². The summed E-state index contributed by atoms with van der Waals surface area (Å²) in [5, 5.41) is 0.533. The van der Waals surface area contributed by atoms with Gasteiger partial charge in [0.25, 0.3) is 5.56 Å². The fraction of sp³-hybridized carbons (Fsp3) is 0.190. The second kappa shape index (κ2) is 7.16. The van der Waals surface area contributed by atoms with E-state index >= 15 is 0 Å². The lowest BCUT2D eigenvalue weighted by Crippen LogP contribution is -2.30. The molecule has 1 fully saturated rings. The summed E-state index contributed by atoms with van der Waals surface area (Å²) in [5.41, 5.74) is 3.44. The third-order valence-corrected chi connectivity index (χ3v) is 5.78. The van der Waals surface area contributed by atoms with Crippen LogP contribution in [0.25, 0.3) is 5.69 Å². The summed E-state index contributed by atoms with van der Waals surface area (Å²) >= 11 is 1.35. The van der Waals surface area contributed by atoms with Crippen molar-refractivity contribution in [1.29, 1.82) is 0 Å². The molecule has 0 spiro atoms. The molecular formula is C21H20N4O2S. The van der Waals surface area contributed by atoms with Gasteiger partial charge in [0.05, 0.1) is 22.8 Å². The van der Waals surface area contributed by atoms with Crippen LogP contribution >= 0.6 is 11.8 Å². The highest BCUT2D eigenvalue weighted by molar-refractivity contribution is 8.15. The molecule has 142 valence electrons. The number of carbonyl (C=O) groups is 1. The van der Waals surface area contributed by atoms with Crippen molar-refractivity contribution in [3.8, 4) is 5.69 Å². The van der Waals surface area contributed by atoms with Crippen LogP contribution in [0.15, 0.2) is 64.4 Å². The van der Waals surface area contributed by atoms with Crippen molar-refractivity contribution in [3.63, 3.8) is 0 Å². The van der Waals surface area contributed by atoms with Crippen LogP contribution in [0.2, 0.25) is 0 Å². The molecule has 1 aromatic heterocycles. The van der Waals surface area contributed by atoms with Gasteiger partial charge in [0.1, 0.15) is 0 Å². The van der Waals surface area contributed by atoms with Crippen LogP contribution in [0.4, 0.5) is 11.4 Å². The summed E-state index contributed by atoms with van der Waals surface area (Å²) in [6, 6.07) is 17.1. The van der Waals surface area contributed by atoms with Crippen LogP contribution in [-0.2, 0) is 11.8 Å². The average Bonchev–Trinajstić information content (AvgIpc) is 3.16. The van der Waals surface area contributed by atoms with Gasteiger partial charge in [0, 0.05) is 7.05 Å². The van der Waals surface area contributed by atoms with Crippen LogP contribution in [-0.4, -0.2) is 26.2 Å². The van der Waals surface area contributed by atoms with Crippen molar-refractivity contribution in [2.45, 2.75) is 13.8 Å². The van der Waals surface area contributed by atoms with Crippen molar-refractivity contribution < 1.29 is 4.79 Å². The molecule has 1 aliphatic rings. The number of carbonyl (C=O) groups excluding carboxylic acids is 1. The molecule has 0 atom stereocenters. The summed E-state index contributed by atoms with van der Waals surface area (Å²) in [7, 11) is 1.83. The maximum absolute atomic E-state index is 13.1. The van der Waals surface area contributed by atoms with Crippen molar-refractivity contribution in [2.24, 2.45) is 12.0 Å². The predicted octanol–water partition coefficient (Wildman–Crippen LogP) is 3.56. The van der Waals surface area contributed by atoms with Gasteiger partial charge in [0.15, 0.2) is 10.9 Å². The zero-order valence-electron chi connectivity index (χ0n) is 15.9. The molecule has 3 aromatic rings.